The van der Waals surface area contributed by atoms with Gasteiger partial charge in [-0.15, -0.1) is 0 Å². The molecule has 2 aliphatic heterocycles. The molecule has 25 nitrogen and oxygen atoms in total. The van der Waals surface area contributed by atoms with Crippen molar-refractivity contribution in [2.24, 2.45) is 5.92 Å². The van der Waals surface area contributed by atoms with E-state index in [0.29, 0.717) is 38.0 Å². The van der Waals surface area contributed by atoms with Crippen LogP contribution in [0.5, 0.6) is 0 Å². The molecule has 702 valence electrons. The van der Waals surface area contributed by atoms with E-state index in [9.17, 15) is 74.6 Å². The van der Waals surface area contributed by atoms with Crippen molar-refractivity contribution >= 4 is 31.7 Å². The van der Waals surface area contributed by atoms with Crippen molar-refractivity contribution in [3.8, 4) is 0 Å². The second-order valence-corrected chi connectivity index (χ2v) is 36.6. The van der Waals surface area contributed by atoms with E-state index in [0.717, 1.165) is 128 Å². The molecule has 1 aliphatic carbocycles. The second-order valence-electron chi connectivity index (χ2n) is 35.2. The molecular formula is C93H175O25P. The Balaban J connectivity index is 1.91. The van der Waals surface area contributed by atoms with Gasteiger partial charge in [0.15, 0.2) is 24.8 Å². The van der Waals surface area contributed by atoms with E-state index >= 15 is 0 Å². The molecule has 0 amide bonds. The normalized spacial score (nSPS) is 25.0. The third kappa shape index (κ3) is 51.8. The number of phosphoric ester groups is 1. The summed E-state index contributed by atoms with van der Waals surface area (Å²) in [5.41, 5.74) is 0. The lowest BCUT2D eigenvalue weighted by molar-refractivity contribution is -0.360. The van der Waals surface area contributed by atoms with Gasteiger partial charge >= 0.3 is 31.7 Å². The highest BCUT2D eigenvalue weighted by Gasteiger charge is 2.60. The Morgan fingerprint density at radius 1 is 0.328 bits per heavy atom. The molecule has 10 N–H and O–H groups in total. The molecule has 3 rings (SSSR count). The SMILES string of the molecule is CCCCCCCCCCCCCCCCCCC(=O)OC1C(O)C(O)C(OC2OC(CO)C(O)C(O)C2O)C(OP(=O)(O)OCC(COC(=O)CCCCCCCCCCCCCCCCC)OC(=O)CCCCCCCCC(C)CCCCCCCC)C1OC1OC(COC(=O)CCCCCCCCCCCCCCC)C(O)C(O)C1O. The number of hydrogen-bond donors (Lipinski definition) is 10. The number of esters is 4. The molecule has 26 heteroatoms. The molecule has 0 aromatic carbocycles. The lowest BCUT2D eigenvalue weighted by Crippen LogP contribution is -2.70. The maximum Gasteiger partial charge on any atom is 0.472 e. The molecule has 0 bridgehead atoms. The summed E-state index contributed by atoms with van der Waals surface area (Å²) < 4.78 is 73.6. The highest BCUT2D eigenvalue weighted by atomic mass is 31.2. The number of phosphoric acid groups is 1. The fourth-order valence-electron chi connectivity index (χ4n) is 16.4. The number of unbranched alkanes of at least 4 members (excludes halogenated alkanes) is 51. The van der Waals surface area contributed by atoms with Gasteiger partial charge in [0, 0.05) is 25.7 Å². The van der Waals surface area contributed by atoms with E-state index < -0.39 is 162 Å². The van der Waals surface area contributed by atoms with Crippen molar-refractivity contribution < 1.29 is 122 Å². The van der Waals surface area contributed by atoms with Crippen LogP contribution in [-0.4, -0.2) is 205 Å². The van der Waals surface area contributed by atoms with Gasteiger partial charge < -0.3 is 88.7 Å². The van der Waals surface area contributed by atoms with Gasteiger partial charge in [-0.3, -0.25) is 28.2 Å². The largest absolute Gasteiger partial charge is 0.472 e. The second kappa shape index (κ2) is 71.5. The third-order valence-electron chi connectivity index (χ3n) is 24.3. The van der Waals surface area contributed by atoms with Crippen LogP contribution in [0.4, 0.5) is 0 Å². The Labute approximate surface area is 719 Å². The molecule has 0 aromatic heterocycles. The van der Waals surface area contributed by atoms with Crippen LogP contribution in [0.3, 0.4) is 0 Å². The number of carbonyl (C=O) groups is 4. The van der Waals surface area contributed by atoms with Crippen LogP contribution in [0.2, 0.25) is 0 Å². The maximum atomic E-state index is 14.9. The predicted molar refractivity (Wildman–Crippen MR) is 463 cm³/mol. The molecular weight excluding hydrogens is 1550 g/mol. The first-order valence-corrected chi connectivity index (χ1v) is 50.2. The lowest BCUT2D eigenvalue weighted by atomic mass is 9.84. The molecule has 0 spiro atoms. The zero-order chi connectivity index (χ0) is 86.9. The standard InChI is InChI=1S/C93H175O25P/c1-6-10-14-18-22-25-28-31-33-35-38-41-44-47-54-61-67-79(98)115-88-84(103)85(104)89(116-92-86(105)82(101)80(99)74(68-94)113-92)91(90(88)117-93-87(106)83(102)81(100)75(114-93)71-110-77(96)65-59-53-46-43-39-36-30-27-24-20-16-12-8-3)118-119(107,108)111-70-73(69-109-76(95)64-58-52-45-42-40-37-34-32-29-26-23-19-15-11-7-2)112-78(97)66-60-55-49-48-51-57-63-72(5)62-56-50-21-17-13-9-4/h72-75,80-94,99-106H,6-71H2,1-5H3,(H,107,108). The molecule has 19 atom stereocenters. The van der Waals surface area contributed by atoms with Gasteiger partial charge in [-0.1, -0.05) is 381 Å². The first-order valence-electron chi connectivity index (χ1n) is 48.7. The van der Waals surface area contributed by atoms with Crippen LogP contribution in [-0.2, 0) is 70.7 Å². The van der Waals surface area contributed by atoms with E-state index in [-0.39, 0.29) is 25.7 Å². The molecule has 2 heterocycles. The van der Waals surface area contributed by atoms with Crippen LogP contribution in [0.25, 0.3) is 0 Å². The fourth-order valence-corrected chi connectivity index (χ4v) is 17.4. The van der Waals surface area contributed by atoms with E-state index in [2.05, 4.69) is 34.6 Å². The molecule has 119 heavy (non-hydrogen) atoms. The van der Waals surface area contributed by atoms with Crippen molar-refractivity contribution in [1.29, 1.82) is 0 Å². The van der Waals surface area contributed by atoms with Gasteiger partial charge in [0.2, 0.25) is 0 Å². The number of rotatable bonds is 79. The van der Waals surface area contributed by atoms with Crippen molar-refractivity contribution in [2.45, 2.75) is 537 Å². The van der Waals surface area contributed by atoms with Crippen molar-refractivity contribution in [3.05, 3.63) is 0 Å². The van der Waals surface area contributed by atoms with Crippen molar-refractivity contribution in [2.75, 3.05) is 26.4 Å². The monoisotopic (exact) mass is 1720 g/mol. The summed E-state index contributed by atoms with van der Waals surface area (Å²) in [7, 11) is -5.81. The maximum absolute atomic E-state index is 14.9. The Kier molecular flexibility index (Phi) is 66.5. The van der Waals surface area contributed by atoms with Crippen LogP contribution in [0.15, 0.2) is 0 Å². The molecule has 0 aromatic rings. The fraction of sp³-hybridized carbons (Fsp3) is 0.957. The molecule has 19 unspecified atom stereocenters. The smallest absolute Gasteiger partial charge is 0.463 e. The summed E-state index contributed by atoms with van der Waals surface area (Å²) >= 11 is 0. The molecule has 3 aliphatic rings. The highest BCUT2D eigenvalue weighted by Crippen LogP contribution is 2.49. The first kappa shape index (κ1) is 111. The number of carbonyl (C=O) groups excluding carboxylic acids is 4. The van der Waals surface area contributed by atoms with Gasteiger partial charge in [-0.25, -0.2) is 4.57 Å². The van der Waals surface area contributed by atoms with Crippen molar-refractivity contribution in [1.82, 2.24) is 0 Å². The molecule has 3 fully saturated rings. The van der Waals surface area contributed by atoms with Crippen LogP contribution < -0.4 is 0 Å². The number of ether oxygens (including phenoxy) is 8. The summed E-state index contributed by atoms with van der Waals surface area (Å²) in [6, 6.07) is 0. The van der Waals surface area contributed by atoms with Crippen molar-refractivity contribution in [3.63, 3.8) is 0 Å². The minimum Gasteiger partial charge on any atom is -0.463 e. The predicted octanol–water partition coefficient (Wildman–Crippen LogP) is 18.4. The lowest BCUT2D eigenvalue weighted by Gasteiger charge is -2.50. The van der Waals surface area contributed by atoms with E-state index in [1.807, 2.05) is 0 Å². The highest BCUT2D eigenvalue weighted by molar-refractivity contribution is 7.47. The Hall–Kier alpha value is -2.53. The van der Waals surface area contributed by atoms with E-state index in [1.54, 1.807) is 0 Å². The zero-order valence-corrected chi connectivity index (χ0v) is 76.0. The average molecular weight is 1720 g/mol. The minimum absolute atomic E-state index is 0.0195. The Morgan fingerprint density at radius 2 is 0.630 bits per heavy atom. The van der Waals surface area contributed by atoms with Gasteiger partial charge in [-0.2, -0.15) is 0 Å². The van der Waals surface area contributed by atoms with Gasteiger partial charge in [0.05, 0.1) is 13.2 Å². The minimum atomic E-state index is -5.81. The molecule has 2 saturated heterocycles. The van der Waals surface area contributed by atoms with Gasteiger partial charge in [0.1, 0.15) is 92.6 Å². The first-order chi connectivity index (χ1) is 57.6. The van der Waals surface area contributed by atoms with Crippen LogP contribution in [0, 0.1) is 5.92 Å². The van der Waals surface area contributed by atoms with Gasteiger partial charge in [0.25, 0.3) is 0 Å². The number of aliphatic hydroxyl groups is 9. The van der Waals surface area contributed by atoms with E-state index in [1.165, 1.54) is 212 Å². The van der Waals surface area contributed by atoms with Crippen LogP contribution >= 0.6 is 7.82 Å². The molecule has 0 radical (unpaired) electrons. The van der Waals surface area contributed by atoms with Gasteiger partial charge in [-0.05, 0) is 31.6 Å². The van der Waals surface area contributed by atoms with Crippen LogP contribution in [0.1, 0.15) is 433 Å². The zero-order valence-electron chi connectivity index (χ0n) is 75.1. The topological polar surface area (TPSA) is 380 Å². The Morgan fingerprint density at radius 3 is 1.00 bits per heavy atom. The average Bonchev–Trinajstić information content (AvgIpc) is 0.754. The number of hydrogen-bond acceptors (Lipinski definition) is 24. The molecule has 1 saturated carbocycles. The summed E-state index contributed by atoms with van der Waals surface area (Å²) in [4.78, 5) is 66.6. The quantitative estimate of drug-likeness (QED) is 0.0117. The number of aliphatic hydroxyl groups excluding tert-OH is 9. The van der Waals surface area contributed by atoms with E-state index in [4.69, 9.17) is 46.9 Å². The Bertz CT molecular complexity index is 2490. The summed E-state index contributed by atoms with van der Waals surface area (Å²) in [5, 5.41) is 102. The summed E-state index contributed by atoms with van der Waals surface area (Å²) in [6.45, 7) is 7.97. The summed E-state index contributed by atoms with van der Waals surface area (Å²) in [6.07, 6.45) is 27.9. The third-order valence-corrected chi connectivity index (χ3v) is 25.2. The summed E-state index contributed by atoms with van der Waals surface area (Å²) in [5.74, 6) is -2.27.